The molecule has 0 unspecified atom stereocenters. The average Bonchev–Trinajstić information content (AvgIpc) is 2.45. The van der Waals surface area contributed by atoms with Gasteiger partial charge in [-0.25, -0.2) is 0 Å². The van der Waals surface area contributed by atoms with Gasteiger partial charge in [0.2, 0.25) is 5.91 Å². The third kappa shape index (κ3) is 8.14. The maximum Gasteiger partial charge on any atom is 0.221 e. The molecule has 0 aliphatic heterocycles. The molecule has 1 rings (SSSR count). The van der Waals surface area contributed by atoms with E-state index in [0.717, 1.165) is 10.2 Å². The summed E-state index contributed by atoms with van der Waals surface area (Å²) in [5, 5.41) is 5.93. The number of hydrogen-bond acceptors (Lipinski definition) is 4. The number of carbonyl (C=O) groups excluding carboxylic acids is 1. The van der Waals surface area contributed by atoms with Gasteiger partial charge >= 0.3 is 0 Å². The molecule has 0 fully saturated rings. The fraction of sp³-hybridized carbons (Fsp3) is 0.500. The molecule has 1 aromatic carbocycles. The Morgan fingerprint density at radius 2 is 1.90 bits per heavy atom. The standard InChI is InChI=1S/C14H21BrN2O3/c1-19-10-9-17-14(18)6-7-16-8-11-20-13-4-2-12(15)3-5-13/h2-5,16H,6-11H2,1H3,(H,17,18). The summed E-state index contributed by atoms with van der Waals surface area (Å²) in [5.41, 5.74) is 0. The van der Waals surface area contributed by atoms with E-state index in [2.05, 4.69) is 26.6 Å². The Bertz CT molecular complexity index is 385. The minimum atomic E-state index is 0.0309. The van der Waals surface area contributed by atoms with Gasteiger partial charge in [0, 0.05) is 37.6 Å². The van der Waals surface area contributed by atoms with Crippen LogP contribution in [0, 0.1) is 0 Å². The number of ether oxygens (including phenoxy) is 2. The summed E-state index contributed by atoms with van der Waals surface area (Å²) in [6.07, 6.45) is 0.460. The summed E-state index contributed by atoms with van der Waals surface area (Å²) in [6, 6.07) is 7.70. The number of rotatable bonds is 10. The minimum Gasteiger partial charge on any atom is -0.492 e. The first-order valence-electron chi connectivity index (χ1n) is 6.57. The van der Waals surface area contributed by atoms with Gasteiger partial charge in [0.1, 0.15) is 12.4 Å². The monoisotopic (exact) mass is 344 g/mol. The molecule has 0 aliphatic carbocycles. The summed E-state index contributed by atoms with van der Waals surface area (Å²) >= 11 is 3.37. The molecule has 0 saturated heterocycles. The Morgan fingerprint density at radius 3 is 2.60 bits per heavy atom. The van der Waals surface area contributed by atoms with Crippen molar-refractivity contribution in [3.63, 3.8) is 0 Å². The maximum atomic E-state index is 11.4. The second-order valence-corrected chi connectivity index (χ2v) is 5.06. The van der Waals surface area contributed by atoms with Gasteiger partial charge < -0.3 is 20.1 Å². The summed E-state index contributed by atoms with van der Waals surface area (Å²) in [5.74, 6) is 0.871. The lowest BCUT2D eigenvalue weighted by atomic mass is 10.3. The van der Waals surface area contributed by atoms with Crippen LogP contribution in [-0.2, 0) is 9.53 Å². The van der Waals surface area contributed by atoms with Crippen LogP contribution in [0.2, 0.25) is 0 Å². The molecule has 0 spiro atoms. The van der Waals surface area contributed by atoms with Gasteiger partial charge in [-0.3, -0.25) is 4.79 Å². The van der Waals surface area contributed by atoms with Crippen LogP contribution in [0.3, 0.4) is 0 Å². The highest BCUT2D eigenvalue weighted by atomic mass is 79.9. The van der Waals surface area contributed by atoms with Gasteiger partial charge in [0.25, 0.3) is 0 Å². The Labute approximate surface area is 128 Å². The molecule has 0 aromatic heterocycles. The van der Waals surface area contributed by atoms with Crippen LogP contribution in [-0.4, -0.2) is 45.9 Å². The highest BCUT2D eigenvalue weighted by Gasteiger charge is 1.99. The van der Waals surface area contributed by atoms with Crippen molar-refractivity contribution in [2.45, 2.75) is 6.42 Å². The van der Waals surface area contributed by atoms with Crippen molar-refractivity contribution in [2.75, 3.05) is 40.0 Å². The quantitative estimate of drug-likeness (QED) is 0.632. The molecule has 0 bridgehead atoms. The lowest BCUT2D eigenvalue weighted by molar-refractivity contribution is -0.121. The van der Waals surface area contributed by atoms with Crippen LogP contribution < -0.4 is 15.4 Å². The zero-order chi connectivity index (χ0) is 14.6. The second kappa shape index (κ2) is 10.7. The molecule has 0 saturated carbocycles. The molecular formula is C14H21BrN2O3. The molecule has 20 heavy (non-hydrogen) atoms. The molecule has 5 nitrogen and oxygen atoms in total. The Morgan fingerprint density at radius 1 is 1.15 bits per heavy atom. The van der Waals surface area contributed by atoms with Crippen molar-refractivity contribution >= 4 is 21.8 Å². The summed E-state index contributed by atoms with van der Waals surface area (Å²) in [6.45, 7) is 3.03. The fourth-order valence-electron chi connectivity index (χ4n) is 1.48. The van der Waals surface area contributed by atoms with Crippen molar-refractivity contribution in [2.24, 2.45) is 0 Å². The van der Waals surface area contributed by atoms with Crippen LogP contribution in [0.25, 0.3) is 0 Å². The van der Waals surface area contributed by atoms with Gasteiger partial charge in [0.15, 0.2) is 0 Å². The van der Waals surface area contributed by atoms with E-state index in [1.165, 1.54) is 0 Å². The van der Waals surface area contributed by atoms with Gasteiger partial charge in [0.05, 0.1) is 6.61 Å². The van der Waals surface area contributed by atoms with E-state index in [0.29, 0.717) is 39.3 Å². The molecule has 0 atom stereocenters. The van der Waals surface area contributed by atoms with Gasteiger partial charge in [-0.05, 0) is 24.3 Å². The second-order valence-electron chi connectivity index (χ2n) is 4.15. The van der Waals surface area contributed by atoms with E-state index >= 15 is 0 Å². The van der Waals surface area contributed by atoms with E-state index in [1.807, 2.05) is 24.3 Å². The molecule has 1 amide bonds. The normalized spacial score (nSPS) is 10.3. The minimum absolute atomic E-state index is 0.0309. The number of hydrogen-bond donors (Lipinski definition) is 2. The number of carbonyl (C=O) groups is 1. The lowest BCUT2D eigenvalue weighted by Crippen LogP contribution is -2.31. The van der Waals surface area contributed by atoms with E-state index in [4.69, 9.17) is 9.47 Å². The van der Waals surface area contributed by atoms with Crippen molar-refractivity contribution in [3.8, 4) is 5.75 Å². The third-order valence-corrected chi connectivity index (χ3v) is 3.05. The van der Waals surface area contributed by atoms with Crippen molar-refractivity contribution < 1.29 is 14.3 Å². The van der Waals surface area contributed by atoms with Crippen molar-refractivity contribution in [1.82, 2.24) is 10.6 Å². The van der Waals surface area contributed by atoms with Gasteiger partial charge in [-0.15, -0.1) is 0 Å². The zero-order valence-electron chi connectivity index (χ0n) is 11.7. The zero-order valence-corrected chi connectivity index (χ0v) is 13.2. The fourth-order valence-corrected chi connectivity index (χ4v) is 1.74. The molecule has 0 heterocycles. The molecule has 0 radical (unpaired) electrons. The summed E-state index contributed by atoms with van der Waals surface area (Å²) < 4.78 is 11.4. The molecular weight excluding hydrogens is 324 g/mol. The number of methoxy groups -OCH3 is 1. The van der Waals surface area contributed by atoms with E-state index in [9.17, 15) is 4.79 Å². The summed E-state index contributed by atoms with van der Waals surface area (Å²) in [4.78, 5) is 11.4. The Hall–Kier alpha value is -1.11. The van der Waals surface area contributed by atoms with E-state index < -0.39 is 0 Å². The van der Waals surface area contributed by atoms with Crippen molar-refractivity contribution in [1.29, 1.82) is 0 Å². The summed E-state index contributed by atoms with van der Waals surface area (Å²) in [7, 11) is 1.61. The van der Waals surface area contributed by atoms with Crippen LogP contribution >= 0.6 is 15.9 Å². The molecule has 112 valence electrons. The highest BCUT2D eigenvalue weighted by Crippen LogP contribution is 2.15. The Balaban J connectivity index is 1.97. The average molecular weight is 345 g/mol. The van der Waals surface area contributed by atoms with Gasteiger partial charge in [-0.2, -0.15) is 0 Å². The largest absolute Gasteiger partial charge is 0.492 e. The lowest BCUT2D eigenvalue weighted by Gasteiger charge is -2.08. The maximum absolute atomic E-state index is 11.4. The van der Waals surface area contributed by atoms with Crippen molar-refractivity contribution in [3.05, 3.63) is 28.7 Å². The smallest absolute Gasteiger partial charge is 0.221 e. The molecule has 6 heteroatoms. The number of halogens is 1. The Kier molecular flexibility index (Phi) is 9.02. The topological polar surface area (TPSA) is 59.6 Å². The third-order valence-electron chi connectivity index (χ3n) is 2.52. The predicted octanol–water partition coefficient (Wildman–Crippen LogP) is 1.57. The molecule has 0 aliphatic rings. The van der Waals surface area contributed by atoms with Crippen LogP contribution in [0.4, 0.5) is 0 Å². The molecule has 1 aromatic rings. The number of benzene rings is 1. The first-order chi connectivity index (χ1) is 9.72. The van der Waals surface area contributed by atoms with E-state index in [1.54, 1.807) is 7.11 Å². The first kappa shape index (κ1) is 16.9. The SMILES string of the molecule is COCCNC(=O)CCNCCOc1ccc(Br)cc1. The number of nitrogens with one attached hydrogen (secondary N) is 2. The van der Waals surface area contributed by atoms with Crippen LogP contribution in [0.1, 0.15) is 6.42 Å². The van der Waals surface area contributed by atoms with Gasteiger partial charge in [-0.1, -0.05) is 15.9 Å². The van der Waals surface area contributed by atoms with Crippen LogP contribution in [0.5, 0.6) is 5.75 Å². The number of amides is 1. The first-order valence-corrected chi connectivity index (χ1v) is 7.36. The van der Waals surface area contributed by atoms with E-state index in [-0.39, 0.29) is 5.91 Å². The molecule has 2 N–H and O–H groups in total. The predicted molar refractivity (Wildman–Crippen MR) is 82.0 cm³/mol. The van der Waals surface area contributed by atoms with Crippen LogP contribution in [0.15, 0.2) is 28.7 Å². The highest BCUT2D eigenvalue weighted by molar-refractivity contribution is 9.10.